The molecule has 2 rings (SSSR count). The van der Waals surface area contributed by atoms with Crippen LogP contribution >= 0.6 is 22.9 Å². The van der Waals surface area contributed by atoms with Crippen LogP contribution in [0.1, 0.15) is 43.9 Å². The number of aromatic nitrogens is 1. The van der Waals surface area contributed by atoms with Crippen LogP contribution in [-0.2, 0) is 0 Å². The second-order valence-corrected chi connectivity index (χ2v) is 6.35. The number of rotatable bonds is 1. The summed E-state index contributed by atoms with van der Waals surface area (Å²) in [5.74, 6) is 0.603. The molecule has 0 radical (unpaired) electrons. The summed E-state index contributed by atoms with van der Waals surface area (Å²) in [5, 5.41) is 0.357. The molecule has 3 heteroatoms. The van der Waals surface area contributed by atoms with Crippen molar-refractivity contribution in [1.29, 1.82) is 0 Å². The Kier molecular flexibility index (Phi) is 2.85. The number of hydrogen-bond acceptors (Lipinski definition) is 2. The van der Waals surface area contributed by atoms with Crippen molar-refractivity contribution in [1.82, 2.24) is 4.98 Å². The molecule has 14 heavy (non-hydrogen) atoms. The van der Waals surface area contributed by atoms with Crippen molar-refractivity contribution >= 4 is 22.9 Å². The minimum absolute atomic E-state index is 0.357. The maximum absolute atomic E-state index is 6.24. The van der Waals surface area contributed by atoms with E-state index < -0.39 is 0 Å². The summed E-state index contributed by atoms with van der Waals surface area (Å²) in [7, 11) is 0. The van der Waals surface area contributed by atoms with Crippen molar-refractivity contribution in [2.24, 2.45) is 5.41 Å². The zero-order valence-corrected chi connectivity index (χ0v) is 10.2. The van der Waals surface area contributed by atoms with E-state index in [0.29, 0.717) is 16.7 Å². The summed E-state index contributed by atoms with van der Waals surface area (Å²) in [4.78, 5) is 5.57. The molecule has 0 amide bonds. The summed E-state index contributed by atoms with van der Waals surface area (Å²) in [5.41, 5.74) is 2.31. The maximum Gasteiger partial charge on any atom is 0.0794 e. The highest BCUT2D eigenvalue weighted by atomic mass is 35.5. The smallest absolute Gasteiger partial charge is 0.0794 e. The molecule has 2 atom stereocenters. The number of alkyl halides is 1. The molecule has 0 bridgehead atoms. The van der Waals surface area contributed by atoms with Gasteiger partial charge in [-0.3, -0.25) is 4.98 Å². The lowest BCUT2D eigenvalue weighted by atomic mass is 9.68. The van der Waals surface area contributed by atoms with E-state index in [1.165, 1.54) is 11.3 Å². The van der Waals surface area contributed by atoms with Crippen molar-refractivity contribution in [3.8, 4) is 0 Å². The molecule has 0 N–H and O–H groups in total. The van der Waals surface area contributed by atoms with E-state index in [2.05, 4.69) is 18.8 Å². The molecule has 78 valence electrons. The van der Waals surface area contributed by atoms with Crippen LogP contribution in [0.15, 0.2) is 11.7 Å². The van der Waals surface area contributed by atoms with Gasteiger partial charge in [-0.2, -0.15) is 0 Å². The molecule has 0 aliphatic heterocycles. The summed E-state index contributed by atoms with van der Waals surface area (Å²) < 4.78 is 0. The van der Waals surface area contributed by atoms with Crippen molar-refractivity contribution in [3.63, 3.8) is 0 Å². The number of thiazole rings is 1. The lowest BCUT2D eigenvalue weighted by Gasteiger charge is -2.39. The predicted molar refractivity (Wildman–Crippen MR) is 62.1 cm³/mol. The summed E-state index contributed by atoms with van der Waals surface area (Å²) >= 11 is 8.00. The zero-order chi connectivity index (χ0) is 10.2. The molecule has 0 saturated heterocycles. The number of halogens is 1. The number of hydrogen-bond donors (Lipinski definition) is 0. The first-order valence-corrected chi connectivity index (χ1v) is 6.43. The van der Waals surface area contributed by atoms with Gasteiger partial charge in [-0.25, -0.2) is 0 Å². The molecule has 0 spiro atoms. The zero-order valence-electron chi connectivity index (χ0n) is 8.66. The Labute approximate surface area is 94.5 Å². The highest BCUT2D eigenvalue weighted by Crippen LogP contribution is 2.48. The summed E-state index contributed by atoms with van der Waals surface area (Å²) in [6, 6.07) is 0. The fourth-order valence-corrected chi connectivity index (χ4v) is 3.53. The van der Waals surface area contributed by atoms with Crippen LogP contribution in [0.3, 0.4) is 0 Å². The minimum Gasteiger partial charge on any atom is -0.253 e. The second kappa shape index (κ2) is 3.82. The molecule has 0 aromatic carbocycles. The lowest BCUT2D eigenvalue weighted by Crippen LogP contribution is -2.30. The van der Waals surface area contributed by atoms with Crippen molar-refractivity contribution in [3.05, 3.63) is 16.6 Å². The molecule has 1 nitrogen and oxygen atoms in total. The Morgan fingerprint density at radius 3 is 3.00 bits per heavy atom. The molecular weight excluding hydrogens is 214 g/mol. The third-order valence-electron chi connectivity index (χ3n) is 3.33. The van der Waals surface area contributed by atoms with Gasteiger partial charge in [-0.1, -0.05) is 13.8 Å². The van der Waals surface area contributed by atoms with E-state index >= 15 is 0 Å². The molecule has 1 aliphatic rings. The van der Waals surface area contributed by atoms with E-state index in [0.717, 1.165) is 12.8 Å². The first kappa shape index (κ1) is 10.4. The third-order valence-corrected chi connectivity index (χ3v) is 4.62. The predicted octanol–water partition coefficient (Wildman–Crippen LogP) is 4.04. The largest absolute Gasteiger partial charge is 0.253 e. The fourth-order valence-electron chi connectivity index (χ4n) is 2.29. The quantitative estimate of drug-likeness (QED) is 0.663. The Morgan fingerprint density at radius 1 is 1.57 bits per heavy atom. The van der Waals surface area contributed by atoms with Crippen molar-refractivity contribution in [2.45, 2.75) is 44.4 Å². The van der Waals surface area contributed by atoms with E-state index in [1.54, 1.807) is 11.3 Å². The third kappa shape index (κ3) is 1.96. The van der Waals surface area contributed by atoms with Gasteiger partial charge in [-0.05, 0) is 24.7 Å². The first-order chi connectivity index (χ1) is 6.59. The Morgan fingerprint density at radius 2 is 2.36 bits per heavy atom. The maximum atomic E-state index is 6.24. The van der Waals surface area contributed by atoms with Crippen LogP contribution in [0.2, 0.25) is 0 Å². The van der Waals surface area contributed by atoms with Crippen LogP contribution < -0.4 is 0 Å². The van der Waals surface area contributed by atoms with Crippen LogP contribution in [0.4, 0.5) is 0 Å². The molecule has 1 fully saturated rings. The van der Waals surface area contributed by atoms with Gasteiger partial charge in [0.15, 0.2) is 0 Å². The van der Waals surface area contributed by atoms with E-state index in [-0.39, 0.29) is 0 Å². The fraction of sp³-hybridized carbons (Fsp3) is 0.727. The molecule has 1 saturated carbocycles. The van der Waals surface area contributed by atoms with Gasteiger partial charge in [0.1, 0.15) is 0 Å². The standard InChI is InChI=1S/C11H16ClNS/c1-11(2)4-3-8(12)5-9(11)10-6-13-7-14-10/h6-9H,3-5H2,1-2H3. The van der Waals surface area contributed by atoms with Gasteiger partial charge in [0, 0.05) is 22.4 Å². The molecule has 1 aromatic rings. The molecule has 1 heterocycles. The van der Waals surface area contributed by atoms with Gasteiger partial charge in [0.2, 0.25) is 0 Å². The molecule has 2 unspecified atom stereocenters. The Balaban J connectivity index is 2.22. The monoisotopic (exact) mass is 229 g/mol. The Hall–Kier alpha value is -0.0800. The van der Waals surface area contributed by atoms with Gasteiger partial charge >= 0.3 is 0 Å². The van der Waals surface area contributed by atoms with E-state index in [4.69, 9.17) is 11.6 Å². The van der Waals surface area contributed by atoms with Crippen LogP contribution in [0.5, 0.6) is 0 Å². The van der Waals surface area contributed by atoms with Crippen LogP contribution in [-0.4, -0.2) is 10.4 Å². The highest BCUT2D eigenvalue weighted by Gasteiger charge is 2.37. The van der Waals surface area contributed by atoms with Crippen LogP contribution in [0, 0.1) is 5.41 Å². The van der Waals surface area contributed by atoms with Crippen molar-refractivity contribution < 1.29 is 0 Å². The SMILES string of the molecule is CC1(C)CCC(Cl)CC1c1cncs1. The molecule has 1 aliphatic carbocycles. The topological polar surface area (TPSA) is 12.9 Å². The average molecular weight is 230 g/mol. The van der Waals surface area contributed by atoms with Gasteiger partial charge in [-0.15, -0.1) is 22.9 Å². The summed E-state index contributed by atoms with van der Waals surface area (Å²) in [6.45, 7) is 4.69. The number of nitrogens with zero attached hydrogens (tertiary/aromatic N) is 1. The van der Waals surface area contributed by atoms with Gasteiger partial charge < -0.3 is 0 Å². The highest BCUT2D eigenvalue weighted by molar-refractivity contribution is 7.09. The summed E-state index contributed by atoms with van der Waals surface area (Å²) in [6.07, 6.45) is 5.50. The Bertz CT molecular complexity index is 294. The first-order valence-electron chi connectivity index (χ1n) is 5.12. The molecular formula is C11H16ClNS. The lowest BCUT2D eigenvalue weighted by molar-refractivity contribution is 0.205. The average Bonchev–Trinajstić information content (AvgIpc) is 2.62. The normalized spacial score (nSPS) is 31.6. The van der Waals surface area contributed by atoms with Gasteiger partial charge in [0.05, 0.1) is 5.51 Å². The van der Waals surface area contributed by atoms with Crippen LogP contribution in [0.25, 0.3) is 0 Å². The molecule has 1 aromatic heterocycles. The minimum atomic E-state index is 0.357. The van der Waals surface area contributed by atoms with Crippen molar-refractivity contribution in [2.75, 3.05) is 0 Å². The van der Waals surface area contributed by atoms with E-state index in [9.17, 15) is 0 Å². The second-order valence-electron chi connectivity index (χ2n) is 4.82. The van der Waals surface area contributed by atoms with Gasteiger partial charge in [0.25, 0.3) is 0 Å². The van der Waals surface area contributed by atoms with E-state index in [1.807, 2.05) is 11.7 Å².